The third-order valence-corrected chi connectivity index (χ3v) is 5.80. The average Bonchev–Trinajstić information content (AvgIpc) is 3.04. The summed E-state index contributed by atoms with van der Waals surface area (Å²) in [7, 11) is -0.891. The van der Waals surface area contributed by atoms with Gasteiger partial charge in [-0.25, -0.2) is 9.48 Å². The van der Waals surface area contributed by atoms with Gasteiger partial charge in [0.15, 0.2) is 0 Å². The zero-order valence-corrected chi connectivity index (χ0v) is 14.0. The maximum Gasteiger partial charge on any atom is 0.321 e. The van der Waals surface area contributed by atoms with Gasteiger partial charge in [-0.1, -0.05) is 6.07 Å². The quantitative estimate of drug-likeness (QED) is 0.917. The van der Waals surface area contributed by atoms with Crippen LogP contribution in [0.5, 0.6) is 0 Å². The molecule has 1 atom stereocenters. The Labute approximate surface area is 137 Å². The summed E-state index contributed by atoms with van der Waals surface area (Å²) in [5.74, 6) is 0.522. The minimum atomic E-state index is -0.891. The zero-order chi connectivity index (χ0) is 16.4. The van der Waals surface area contributed by atoms with Crippen molar-refractivity contribution in [2.24, 2.45) is 0 Å². The maximum atomic E-state index is 12.5. The van der Waals surface area contributed by atoms with Gasteiger partial charge in [0, 0.05) is 47.7 Å². The van der Waals surface area contributed by atoms with Crippen LogP contribution in [0, 0.1) is 0 Å². The first-order chi connectivity index (χ1) is 11.0. The van der Waals surface area contributed by atoms with Crippen molar-refractivity contribution in [3.8, 4) is 5.69 Å². The molecule has 0 radical (unpaired) electrons. The van der Waals surface area contributed by atoms with E-state index in [1.165, 1.54) is 0 Å². The van der Waals surface area contributed by atoms with Gasteiger partial charge in [0.2, 0.25) is 0 Å². The summed E-state index contributed by atoms with van der Waals surface area (Å²) in [6.07, 6.45) is 3.56. The average molecular weight is 332 g/mol. The molecule has 1 N–H and O–H groups in total. The number of urea groups is 1. The Morgan fingerprint density at radius 1 is 1.35 bits per heavy atom. The molecule has 0 bridgehead atoms. The fourth-order valence-corrected chi connectivity index (χ4v) is 3.84. The van der Waals surface area contributed by atoms with Gasteiger partial charge in [0.1, 0.15) is 0 Å². The lowest BCUT2D eigenvalue weighted by Crippen LogP contribution is -2.53. The van der Waals surface area contributed by atoms with E-state index < -0.39 is 10.8 Å². The summed E-state index contributed by atoms with van der Waals surface area (Å²) in [6.45, 7) is 4.87. The summed E-state index contributed by atoms with van der Waals surface area (Å²) in [5.41, 5.74) is 1.60. The predicted molar refractivity (Wildman–Crippen MR) is 91.2 cm³/mol. The van der Waals surface area contributed by atoms with E-state index in [2.05, 4.69) is 10.4 Å². The van der Waals surface area contributed by atoms with Crippen LogP contribution in [0.25, 0.3) is 5.69 Å². The van der Waals surface area contributed by atoms with Crippen molar-refractivity contribution in [2.45, 2.75) is 18.6 Å². The fraction of sp³-hybridized carbons (Fsp3) is 0.375. The lowest BCUT2D eigenvalue weighted by atomic mass is 10.2. The van der Waals surface area contributed by atoms with Crippen LogP contribution >= 0.6 is 0 Å². The van der Waals surface area contributed by atoms with Gasteiger partial charge < -0.3 is 10.2 Å². The largest absolute Gasteiger partial charge is 0.322 e. The number of amides is 2. The highest BCUT2D eigenvalue weighted by Crippen LogP contribution is 2.21. The zero-order valence-electron chi connectivity index (χ0n) is 13.2. The summed E-state index contributed by atoms with van der Waals surface area (Å²) >= 11 is 0. The number of hydrogen-bond donors (Lipinski definition) is 1. The SMILES string of the molecule is CC1(C)CN(C(=O)Nc2cccc(-n3cccn3)c2)CC[S@]1=O. The first kappa shape index (κ1) is 15.7. The molecule has 7 heteroatoms. The van der Waals surface area contributed by atoms with Crippen LogP contribution in [0.2, 0.25) is 0 Å². The van der Waals surface area contributed by atoms with Gasteiger partial charge >= 0.3 is 6.03 Å². The van der Waals surface area contributed by atoms with Crippen molar-refractivity contribution in [1.29, 1.82) is 0 Å². The van der Waals surface area contributed by atoms with E-state index >= 15 is 0 Å². The molecule has 1 aromatic heterocycles. The van der Waals surface area contributed by atoms with Crippen LogP contribution in [-0.4, -0.2) is 48.5 Å². The van der Waals surface area contributed by atoms with Gasteiger partial charge in [0.05, 0.1) is 10.4 Å². The Bertz CT molecular complexity index is 727. The van der Waals surface area contributed by atoms with Crippen molar-refractivity contribution in [1.82, 2.24) is 14.7 Å². The molecule has 6 nitrogen and oxygen atoms in total. The second-order valence-electron chi connectivity index (χ2n) is 6.16. The van der Waals surface area contributed by atoms with Crippen LogP contribution in [0.4, 0.5) is 10.5 Å². The van der Waals surface area contributed by atoms with E-state index in [9.17, 15) is 9.00 Å². The van der Waals surface area contributed by atoms with E-state index in [-0.39, 0.29) is 10.8 Å². The number of rotatable bonds is 2. The van der Waals surface area contributed by atoms with Gasteiger partial charge in [-0.05, 0) is 38.1 Å². The second kappa shape index (κ2) is 6.16. The molecule has 3 rings (SSSR count). The molecular weight excluding hydrogens is 312 g/mol. The van der Waals surface area contributed by atoms with Crippen molar-refractivity contribution in [3.63, 3.8) is 0 Å². The van der Waals surface area contributed by atoms with Crippen LogP contribution in [0.3, 0.4) is 0 Å². The number of aromatic nitrogens is 2. The highest BCUT2D eigenvalue weighted by atomic mass is 32.2. The van der Waals surface area contributed by atoms with E-state index in [1.807, 2.05) is 50.4 Å². The van der Waals surface area contributed by atoms with E-state index in [0.29, 0.717) is 24.5 Å². The van der Waals surface area contributed by atoms with Gasteiger partial charge in [0.25, 0.3) is 0 Å². The molecule has 122 valence electrons. The number of benzene rings is 1. The third-order valence-electron chi connectivity index (χ3n) is 3.89. The molecule has 1 aromatic carbocycles. The second-order valence-corrected chi connectivity index (χ2v) is 8.37. The molecule has 1 saturated heterocycles. The molecule has 0 aliphatic carbocycles. The van der Waals surface area contributed by atoms with Crippen molar-refractivity contribution >= 4 is 22.5 Å². The highest BCUT2D eigenvalue weighted by molar-refractivity contribution is 7.86. The maximum absolute atomic E-state index is 12.5. The Hall–Kier alpha value is -2.15. The van der Waals surface area contributed by atoms with E-state index in [0.717, 1.165) is 5.69 Å². The number of hydrogen-bond acceptors (Lipinski definition) is 3. The molecule has 1 fully saturated rings. The minimum Gasteiger partial charge on any atom is -0.322 e. The van der Waals surface area contributed by atoms with Crippen LogP contribution in [-0.2, 0) is 10.8 Å². The fourth-order valence-electron chi connectivity index (χ4n) is 2.60. The summed E-state index contributed by atoms with van der Waals surface area (Å²) < 4.78 is 13.3. The Morgan fingerprint density at radius 3 is 2.87 bits per heavy atom. The van der Waals surface area contributed by atoms with E-state index in [1.54, 1.807) is 15.8 Å². The molecular formula is C16H20N4O2S. The van der Waals surface area contributed by atoms with Crippen LogP contribution in [0.1, 0.15) is 13.8 Å². The summed E-state index contributed by atoms with van der Waals surface area (Å²) in [5, 5.41) is 7.10. The molecule has 2 aromatic rings. The van der Waals surface area contributed by atoms with E-state index in [4.69, 9.17) is 0 Å². The Kier molecular flexibility index (Phi) is 4.21. The third kappa shape index (κ3) is 3.44. The number of anilines is 1. The predicted octanol–water partition coefficient (Wildman–Crippen LogP) is 2.25. The Balaban J connectivity index is 1.71. The summed E-state index contributed by atoms with van der Waals surface area (Å²) in [4.78, 5) is 14.2. The molecule has 2 amide bonds. The first-order valence-electron chi connectivity index (χ1n) is 7.50. The lowest BCUT2D eigenvalue weighted by Gasteiger charge is -2.37. The monoisotopic (exact) mass is 332 g/mol. The number of carbonyl (C=O) groups is 1. The van der Waals surface area contributed by atoms with Gasteiger partial charge in [-0.3, -0.25) is 4.21 Å². The molecule has 2 heterocycles. The minimum absolute atomic E-state index is 0.160. The number of nitrogens with zero attached hydrogens (tertiary/aromatic N) is 3. The van der Waals surface area contributed by atoms with Gasteiger partial charge in [-0.15, -0.1) is 0 Å². The molecule has 23 heavy (non-hydrogen) atoms. The Morgan fingerprint density at radius 2 is 2.17 bits per heavy atom. The molecule has 0 unspecified atom stereocenters. The standard InChI is InChI=1S/C16H20N4O2S/c1-16(2)12-19(9-10-23(16)22)15(21)18-13-5-3-6-14(11-13)20-8-4-7-17-20/h3-8,11H,9-10,12H2,1-2H3,(H,18,21)/t23-/m1/s1. The molecule has 1 aliphatic rings. The molecule has 1 aliphatic heterocycles. The van der Waals surface area contributed by atoms with Crippen molar-refractivity contribution < 1.29 is 9.00 Å². The van der Waals surface area contributed by atoms with Crippen LogP contribution in [0.15, 0.2) is 42.7 Å². The molecule has 0 saturated carbocycles. The van der Waals surface area contributed by atoms with Gasteiger partial charge in [-0.2, -0.15) is 5.10 Å². The topological polar surface area (TPSA) is 67.2 Å². The van der Waals surface area contributed by atoms with Crippen molar-refractivity contribution in [2.75, 3.05) is 24.2 Å². The van der Waals surface area contributed by atoms with Crippen molar-refractivity contribution in [3.05, 3.63) is 42.7 Å². The number of carbonyl (C=O) groups excluding carboxylic acids is 1. The molecule has 0 spiro atoms. The first-order valence-corrected chi connectivity index (χ1v) is 8.82. The summed E-state index contributed by atoms with van der Waals surface area (Å²) in [6, 6.07) is 9.21. The smallest absolute Gasteiger partial charge is 0.321 e. The highest BCUT2D eigenvalue weighted by Gasteiger charge is 2.35. The van der Waals surface area contributed by atoms with Crippen LogP contribution < -0.4 is 5.32 Å². The normalized spacial score (nSPS) is 20.3. The lowest BCUT2D eigenvalue weighted by molar-refractivity contribution is 0.207. The number of nitrogens with one attached hydrogen (secondary N) is 1.